The van der Waals surface area contributed by atoms with Crippen LogP contribution < -0.4 is 5.32 Å². The van der Waals surface area contributed by atoms with Crippen LogP contribution in [0.1, 0.15) is 25.5 Å². The van der Waals surface area contributed by atoms with Crippen molar-refractivity contribution < 1.29 is 4.74 Å². The zero-order chi connectivity index (χ0) is 11.2. The Kier molecular flexibility index (Phi) is 4.43. The highest BCUT2D eigenvalue weighted by Gasteiger charge is 2.20. The molecule has 0 aliphatic heterocycles. The molecule has 0 atom stereocenters. The van der Waals surface area contributed by atoms with E-state index in [0.29, 0.717) is 0 Å². The smallest absolute Gasteiger partial charge is 0.0591 e. The van der Waals surface area contributed by atoms with Crippen molar-refractivity contribution in [2.45, 2.75) is 32.9 Å². The molecule has 1 aromatic rings. The lowest BCUT2D eigenvalue weighted by atomic mass is 10.4. The van der Waals surface area contributed by atoms with Gasteiger partial charge in [0.2, 0.25) is 0 Å². The average Bonchev–Trinajstić information content (AvgIpc) is 3.01. The maximum Gasteiger partial charge on any atom is 0.0591 e. The third kappa shape index (κ3) is 3.65. The summed E-state index contributed by atoms with van der Waals surface area (Å²) in [4.78, 5) is 0. The second kappa shape index (κ2) is 6.06. The Morgan fingerprint density at radius 2 is 2.38 bits per heavy atom. The van der Waals surface area contributed by atoms with Gasteiger partial charge in [0, 0.05) is 38.1 Å². The molecule has 1 aliphatic rings. The first-order valence-corrected chi connectivity index (χ1v) is 6.32. The van der Waals surface area contributed by atoms with Crippen molar-refractivity contribution in [2.75, 3.05) is 19.8 Å². The van der Waals surface area contributed by atoms with Gasteiger partial charge in [-0.15, -0.1) is 0 Å². The number of hydrogen-bond donors (Lipinski definition) is 1. The first-order valence-electron chi connectivity index (χ1n) is 6.32. The molecule has 3 nitrogen and oxygen atoms in total. The molecule has 0 unspecified atom stereocenters. The van der Waals surface area contributed by atoms with Gasteiger partial charge >= 0.3 is 0 Å². The molecular weight excluding hydrogens is 200 g/mol. The highest BCUT2D eigenvalue weighted by Crippen LogP contribution is 2.28. The lowest BCUT2D eigenvalue weighted by Crippen LogP contribution is -2.21. The summed E-state index contributed by atoms with van der Waals surface area (Å²) in [7, 11) is 0. The van der Waals surface area contributed by atoms with E-state index in [0.717, 1.165) is 38.8 Å². The molecule has 16 heavy (non-hydrogen) atoms. The molecule has 0 amide bonds. The van der Waals surface area contributed by atoms with Crippen LogP contribution in [-0.2, 0) is 17.8 Å². The van der Waals surface area contributed by atoms with E-state index < -0.39 is 0 Å². The molecule has 2 rings (SSSR count). The summed E-state index contributed by atoms with van der Waals surface area (Å²) < 4.78 is 7.83. The van der Waals surface area contributed by atoms with Crippen LogP contribution in [-0.4, -0.2) is 24.3 Å². The predicted octanol–water partition coefficient (Wildman–Crippen LogP) is 2.02. The summed E-state index contributed by atoms with van der Waals surface area (Å²) >= 11 is 0. The van der Waals surface area contributed by atoms with Crippen LogP contribution in [0.5, 0.6) is 0 Å². The Bertz CT molecular complexity index is 305. The molecule has 1 aromatic heterocycles. The van der Waals surface area contributed by atoms with Crippen molar-refractivity contribution in [1.82, 2.24) is 9.88 Å². The van der Waals surface area contributed by atoms with E-state index in [1.165, 1.54) is 18.5 Å². The highest BCUT2D eigenvalue weighted by atomic mass is 16.5. The van der Waals surface area contributed by atoms with Crippen LogP contribution in [0.2, 0.25) is 0 Å². The van der Waals surface area contributed by atoms with Crippen LogP contribution in [0.25, 0.3) is 0 Å². The van der Waals surface area contributed by atoms with E-state index >= 15 is 0 Å². The Labute approximate surface area is 97.8 Å². The minimum atomic E-state index is 0.837. The largest absolute Gasteiger partial charge is 0.380 e. The molecule has 1 saturated carbocycles. The van der Waals surface area contributed by atoms with Gasteiger partial charge in [0.25, 0.3) is 0 Å². The van der Waals surface area contributed by atoms with Gasteiger partial charge in [-0.25, -0.2) is 0 Å². The monoisotopic (exact) mass is 222 g/mol. The molecule has 1 N–H and O–H groups in total. The molecular formula is C13H22N2O. The van der Waals surface area contributed by atoms with Gasteiger partial charge in [-0.3, -0.25) is 0 Å². The van der Waals surface area contributed by atoms with E-state index in [9.17, 15) is 0 Å². The summed E-state index contributed by atoms with van der Waals surface area (Å²) in [5.41, 5.74) is 1.35. The summed E-state index contributed by atoms with van der Waals surface area (Å²) in [6, 6.07) is 4.27. The summed E-state index contributed by atoms with van der Waals surface area (Å²) in [5.74, 6) is 0.873. The first-order chi connectivity index (χ1) is 7.90. The minimum Gasteiger partial charge on any atom is -0.380 e. The van der Waals surface area contributed by atoms with Crippen LogP contribution >= 0.6 is 0 Å². The molecule has 0 bridgehead atoms. The molecule has 90 valence electrons. The second-order valence-corrected chi connectivity index (χ2v) is 4.48. The van der Waals surface area contributed by atoms with Gasteiger partial charge in [0.15, 0.2) is 0 Å². The van der Waals surface area contributed by atoms with Crippen molar-refractivity contribution in [3.8, 4) is 0 Å². The predicted molar refractivity (Wildman–Crippen MR) is 65.4 cm³/mol. The average molecular weight is 222 g/mol. The number of ether oxygens (including phenoxy) is 1. The Balaban J connectivity index is 1.53. The molecule has 1 aliphatic carbocycles. The fraction of sp³-hybridized carbons (Fsp3) is 0.692. The molecule has 0 spiro atoms. The Morgan fingerprint density at radius 3 is 3.12 bits per heavy atom. The van der Waals surface area contributed by atoms with Gasteiger partial charge < -0.3 is 14.6 Å². The number of rotatable bonds is 8. The first kappa shape index (κ1) is 11.7. The van der Waals surface area contributed by atoms with Crippen molar-refractivity contribution in [2.24, 2.45) is 5.92 Å². The number of hydrogen-bond acceptors (Lipinski definition) is 2. The minimum absolute atomic E-state index is 0.837. The normalized spacial score (nSPS) is 15.6. The number of nitrogens with zero attached hydrogens (tertiary/aromatic N) is 1. The van der Waals surface area contributed by atoms with Crippen molar-refractivity contribution >= 4 is 0 Å². The number of aryl methyl sites for hydroxylation is 1. The Hall–Kier alpha value is -0.800. The molecule has 3 heteroatoms. The maximum atomic E-state index is 5.56. The van der Waals surface area contributed by atoms with Crippen LogP contribution in [0, 0.1) is 5.92 Å². The quantitative estimate of drug-likeness (QED) is 0.681. The van der Waals surface area contributed by atoms with Crippen LogP contribution in [0.4, 0.5) is 0 Å². The third-order valence-corrected chi connectivity index (χ3v) is 3.04. The highest BCUT2D eigenvalue weighted by molar-refractivity contribution is 5.06. The van der Waals surface area contributed by atoms with Crippen LogP contribution in [0.15, 0.2) is 18.3 Å². The zero-order valence-electron chi connectivity index (χ0n) is 10.1. The third-order valence-electron chi connectivity index (χ3n) is 3.04. The standard InChI is InChI=1S/C13H22N2O/c1-2-15-8-3-4-13(15)10-14-7-9-16-11-12-5-6-12/h3-4,8,12,14H,2,5-7,9-11H2,1H3. The lowest BCUT2D eigenvalue weighted by Gasteiger charge is -2.08. The van der Waals surface area contributed by atoms with Crippen molar-refractivity contribution in [3.05, 3.63) is 24.0 Å². The van der Waals surface area contributed by atoms with E-state index in [4.69, 9.17) is 4.74 Å². The van der Waals surface area contributed by atoms with E-state index in [-0.39, 0.29) is 0 Å². The summed E-state index contributed by atoms with van der Waals surface area (Å²) in [6.45, 7) is 6.90. The lowest BCUT2D eigenvalue weighted by molar-refractivity contribution is 0.126. The van der Waals surface area contributed by atoms with Crippen molar-refractivity contribution in [3.63, 3.8) is 0 Å². The maximum absolute atomic E-state index is 5.56. The topological polar surface area (TPSA) is 26.2 Å². The van der Waals surface area contributed by atoms with Gasteiger partial charge in [0.1, 0.15) is 0 Å². The molecule has 0 aromatic carbocycles. The van der Waals surface area contributed by atoms with Crippen LogP contribution in [0.3, 0.4) is 0 Å². The fourth-order valence-corrected chi connectivity index (χ4v) is 1.81. The van der Waals surface area contributed by atoms with Gasteiger partial charge in [0.05, 0.1) is 6.61 Å². The zero-order valence-corrected chi connectivity index (χ0v) is 10.1. The molecule has 1 heterocycles. The van der Waals surface area contributed by atoms with Crippen molar-refractivity contribution in [1.29, 1.82) is 0 Å². The summed E-state index contributed by atoms with van der Waals surface area (Å²) in [5, 5.41) is 3.41. The SMILES string of the molecule is CCn1cccc1CNCCOCC1CC1. The van der Waals surface area contributed by atoms with Gasteiger partial charge in [-0.05, 0) is 37.8 Å². The Morgan fingerprint density at radius 1 is 1.50 bits per heavy atom. The number of nitrogens with one attached hydrogen (secondary N) is 1. The van der Waals surface area contributed by atoms with E-state index in [1.807, 2.05) is 0 Å². The number of aromatic nitrogens is 1. The molecule has 0 saturated heterocycles. The molecule has 0 radical (unpaired) electrons. The van der Waals surface area contributed by atoms with Gasteiger partial charge in [-0.2, -0.15) is 0 Å². The second-order valence-electron chi connectivity index (χ2n) is 4.48. The van der Waals surface area contributed by atoms with E-state index in [2.05, 4.69) is 35.1 Å². The van der Waals surface area contributed by atoms with Gasteiger partial charge in [-0.1, -0.05) is 0 Å². The fourth-order valence-electron chi connectivity index (χ4n) is 1.81. The molecule has 1 fully saturated rings. The summed E-state index contributed by atoms with van der Waals surface area (Å²) in [6.07, 6.45) is 4.87. The van der Waals surface area contributed by atoms with E-state index in [1.54, 1.807) is 0 Å².